The van der Waals surface area contributed by atoms with E-state index < -0.39 is 0 Å². The van der Waals surface area contributed by atoms with Gasteiger partial charge in [0.2, 0.25) is 0 Å². The molecule has 0 amide bonds. The van der Waals surface area contributed by atoms with Crippen LogP contribution >= 0.6 is 0 Å². The van der Waals surface area contributed by atoms with Crippen molar-refractivity contribution in [3.8, 4) is 0 Å². The fourth-order valence-corrected chi connectivity index (χ4v) is 1.96. The molecule has 0 aromatic carbocycles. The van der Waals surface area contributed by atoms with E-state index in [-0.39, 0.29) is 0 Å². The van der Waals surface area contributed by atoms with E-state index >= 15 is 0 Å². The first-order valence-corrected chi connectivity index (χ1v) is 6.93. The summed E-state index contributed by atoms with van der Waals surface area (Å²) in [5, 5.41) is 3.46. The number of aromatic nitrogens is 1. The highest BCUT2D eigenvalue weighted by Crippen LogP contribution is 2.14. The van der Waals surface area contributed by atoms with Gasteiger partial charge in [-0.2, -0.15) is 0 Å². The summed E-state index contributed by atoms with van der Waals surface area (Å²) in [6, 6.07) is 4.25. The molecular weight excluding hydrogens is 234 g/mol. The SMILES string of the molecule is C=C(C)CN(C)c1ccc(CNCC(C)C)c(C)n1. The van der Waals surface area contributed by atoms with Crippen LogP contribution in [0.15, 0.2) is 24.3 Å². The van der Waals surface area contributed by atoms with Gasteiger partial charge in [0.15, 0.2) is 0 Å². The molecular formula is C16H27N3. The van der Waals surface area contributed by atoms with Crippen LogP contribution in [0.3, 0.4) is 0 Å². The molecule has 0 bridgehead atoms. The number of aryl methyl sites for hydroxylation is 1. The van der Waals surface area contributed by atoms with E-state index in [9.17, 15) is 0 Å². The third kappa shape index (κ3) is 5.43. The second kappa shape index (κ2) is 7.29. The second-order valence-electron chi connectivity index (χ2n) is 5.75. The zero-order valence-corrected chi connectivity index (χ0v) is 13.0. The van der Waals surface area contributed by atoms with Crippen LogP contribution in [0.25, 0.3) is 0 Å². The Morgan fingerprint density at radius 1 is 1.42 bits per heavy atom. The van der Waals surface area contributed by atoms with Crippen LogP contribution in [0.5, 0.6) is 0 Å². The first kappa shape index (κ1) is 15.7. The number of pyridine rings is 1. The predicted octanol–water partition coefficient (Wildman–Crippen LogP) is 3.15. The number of nitrogens with one attached hydrogen (secondary N) is 1. The van der Waals surface area contributed by atoms with Crippen molar-refractivity contribution in [2.45, 2.75) is 34.2 Å². The lowest BCUT2D eigenvalue weighted by Crippen LogP contribution is -2.22. The largest absolute Gasteiger partial charge is 0.356 e. The molecule has 1 N–H and O–H groups in total. The van der Waals surface area contributed by atoms with Crippen LogP contribution in [0.4, 0.5) is 5.82 Å². The summed E-state index contributed by atoms with van der Waals surface area (Å²) in [6.45, 7) is 15.3. The van der Waals surface area contributed by atoms with Gasteiger partial charge in [-0.05, 0) is 37.9 Å². The molecule has 0 fully saturated rings. The summed E-state index contributed by atoms with van der Waals surface area (Å²) in [7, 11) is 2.05. The molecule has 1 aromatic heterocycles. The lowest BCUT2D eigenvalue weighted by molar-refractivity contribution is 0.551. The topological polar surface area (TPSA) is 28.2 Å². The molecule has 0 spiro atoms. The van der Waals surface area contributed by atoms with E-state index in [0.717, 1.165) is 36.7 Å². The van der Waals surface area contributed by atoms with E-state index in [1.54, 1.807) is 0 Å². The molecule has 0 aliphatic carbocycles. The lowest BCUT2D eigenvalue weighted by atomic mass is 10.1. The molecule has 0 atom stereocenters. The molecule has 0 aliphatic heterocycles. The normalized spacial score (nSPS) is 10.8. The van der Waals surface area contributed by atoms with Crippen molar-refractivity contribution < 1.29 is 0 Å². The predicted molar refractivity (Wildman–Crippen MR) is 83.6 cm³/mol. The highest BCUT2D eigenvalue weighted by atomic mass is 15.2. The molecule has 3 nitrogen and oxygen atoms in total. The maximum atomic E-state index is 4.67. The average molecular weight is 261 g/mol. The van der Waals surface area contributed by atoms with Crippen LogP contribution < -0.4 is 10.2 Å². The minimum atomic E-state index is 0.675. The smallest absolute Gasteiger partial charge is 0.128 e. The summed E-state index contributed by atoms with van der Waals surface area (Å²) in [6.07, 6.45) is 0. The molecule has 106 valence electrons. The molecule has 1 aromatic rings. The van der Waals surface area contributed by atoms with Gasteiger partial charge in [0, 0.05) is 25.8 Å². The van der Waals surface area contributed by atoms with Gasteiger partial charge in [0.25, 0.3) is 0 Å². The van der Waals surface area contributed by atoms with Gasteiger partial charge in [0.05, 0.1) is 0 Å². The van der Waals surface area contributed by atoms with Crippen molar-refractivity contribution in [3.63, 3.8) is 0 Å². The highest BCUT2D eigenvalue weighted by Gasteiger charge is 2.06. The van der Waals surface area contributed by atoms with Crippen LogP contribution in [0.2, 0.25) is 0 Å². The first-order chi connectivity index (χ1) is 8.90. The highest BCUT2D eigenvalue weighted by molar-refractivity contribution is 5.42. The second-order valence-corrected chi connectivity index (χ2v) is 5.75. The molecule has 1 rings (SSSR count). The van der Waals surface area contributed by atoms with Crippen molar-refractivity contribution in [2.24, 2.45) is 5.92 Å². The molecule has 1 heterocycles. The number of hydrogen-bond donors (Lipinski definition) is 1. The van der Waals surface area contributed by atoms with E-state index in [0.29, 0.717) is 5.92 Å². The monoisotopic (exact) mass is 261 g/mol. The van der Waals surface area contributed by atoms with Gasteiger partial charge >= 0.3 is 0 Å². The summed E-state index contributed by atoms with van der Waals surface area (Å²) in [4.78, 5) is 6.79. The number of likely N-dealkylation sites (N-methyl/N-ethyl adjacent to an activating group) is 1. The summed E-state index contributed by atoms with van der Waals surface area (Å²) < 4.78 is 0. The standard InChI is InChI=1S/C16H27N3/c1-12(2)9-17-10-15-7-8-16(18-14(15)5)19(6)11-13(3)4/h7-8,12,17H,3,9-11H2,1-2,4-6H3. The van der Waals surface area contributed by atoms with Crippen molar-refractivity contribution in [2.75, 3.05) is 25.0 Å². The van der Waals surface area contributed by atoms with Gasteiger partial charge < -0.3 is 10.2 Å². The van der Waals surface area contributed by atoms with Gasteiger partial charge in [-0.3, -0.25) is 0 Å². The fourth-order valence-electron chi connectivity index (χ4n) is 1.96. The van der Waals surface area contributed by atoms with Crippen LogP contribution in [-0.4, -0.2) is 25.1 Å². The summed E-state index contributed by atoms with van der Waals surface area (Å²) in [5.41, 5.74) is 3.51. The Kier molecular flexibility index (Phi) is 6.03. The van der Waals surface area contributed by atoms with E-state index in [1.165, 1.54) is 5.56 Å². The Morgan fingerprint density at radius 2 is 2.11 bits per heavy atom. The Hall–Kier alpha value is -1.35. The average Bonchev–Trinajstić information content (AvgIpc) is 2.29. The van der Waals surface area contributed by atoms with Crippen LogP contribution in [-0.2, 0) is 6.54 Å². The van der Waals surface area contributed by atoms with Crippen molar-refractivity contribution in [1.82, 2.24) is 10.3 Å². The molecule has 0 aliphatic rings. The van der Waals surface area contributed by atoms with Gasteiger partial charge in [0.1, 0.15) is 5.82 Å². The zero-order valence-electron chi connectivity index (χ0n) is 13.0. The summed E-state index contributed by atoms with van der Waals surface area (Å²) >= 11 is 0. The minimum absolute atomic E-state index is 0.675. The molecule has 3 heteroatoms. The Balaban J connectivity index is 2.66. The van der Waals surface area contributed by atoms with Crippen LogP contribution in [0.1, 0.15) is 32.0 Å². The van der Waals surface area contributed by atoms with E-state index in [2.05, 4.69) is 54.7 Å². The Labute approximate surface area is 117 Å². The van der Waals surface area contributed by atoms with Gasteiger partial charge in [-0.1, -0.05) is 32.1 Å². The summed E-state index contributed by atoms with van der Waals surface area (Å²) in [5.74, 6) is 1.68. The maximum absolute atomic E-state index is 4.67. The third-order valence-corrected chi connectivity index (χ3v) is 2.95. The molecule has 19 heavy (non-hydrogen) atoms. The van der Waals surface area contributed by atoms with Crippen molar-refractivity contribution >= 4 is 5.82 Å². The van der Waals surface area contributed by atoms with E-state index in [1.807, 2.05) is 14.0 Å². The fraction of sp³-hybridized carbons (Fsp3) is 0.562. The molecule has 0 saturated heterocycles. The molecule has 0 saturated carbocycles. The number of rotatable bonds is 7. The quantitative estimate of drug-likeness (QED) is 0.764. The lowest BCUT2D eigenvalue weighted by Gasteiger charge is -2.19. The maximum Gasteiger partial charge on any atom is 0.128 e. The van der Waals surface area contributed by atoms with Gasteiger partial charge in [-0.25, -0.2) is 4.98 Å². The number of hydrogen-bond acceptors (Lipinski definition) is 3. The molecule has 0 radical (unpaired) electrons. The van der Waals surface area contributed by atoms with Gasteiger partial charge in [-0.15, -0.1) is 0 Å². The zero-order chi connectivity index (χ0) is 14.4. The van der Waals surface area contributed by atoms with Crippen molar-refractivity contribution in [1.29, 1.82) is 0 Å². The molecule has 0 unspecified atom stereocenters. The number of nitrogens with zero attached hydrogens (tertiary/aromatic N) is 2. The minimum Gasteiger partial charge on any atom is -0.356 e. The van der Waals surface area contributed by atoms with Crippen molar-refractivity contribution in [3.05, 3.63) is 35.5 Å². The third-order valence-electron chi connectivity index (χ3n) is 2.95. The number of anilines is 1. The van der Waals surface area contributed by atoms with E-state index in [4.69, 9.17) is 0 Å². The first-order valence-electron chi connectivity index (χ1n) is 6.93. The Morgan fingerprint density at radius 3 is 2.63 bits per heavy atom. The Bertz CT molecular complexity index is 424. The van der Waals surface area contributed by atoms with Crippen LogP contribution in [0, 0.1) is 12.8 Å².